The van der Waals surface area contributed by atoms with Crippen LogP contribution in [0.25, 0.3) is 11.4 Å². The van der Waals surface area contributed by atoms with E-state index in [1.54, 1.807) is 11.6 Å². The molecule has 0 aliphatic heterocycles. The van der Waals surface area contributed by atoms with E-state index in [0.29, 0.717) is 21.7 Å². The summed E-state index contributed by atoms with van der Waals surface area (Å²) < 4.78 is 40.2. The van der Waals surface area contributed by atoms with Crippen molar-refractivity contribution >= 4 is 27.5 Å². The van der Waals surface area contributed by atoms with E-state index in [0.717, 1.165) is 12.1 Å². The molecule has 0 radical (unpaired) electrons. The van der Waals surface area contributed by atoms with Crippen LogP contribution in [0.2, 0.25) is 0 Å². The molecule has 102 valence electrons. The molecule has 19 heavy (non-hydrogen) atoms. The molecule has 0 unspecified atom stereocenters. The van der Waals surface area contributed by atoms with Gasteiger partial charge in [0.05, 0.1) is 11.4 Å². The summed E-state index contributed by atoms with van der Waals surface area (Å²) in [6.07, 6.45) is -4.40. The number of alkyl halides is 4. The molecule has 0 saturated heterocycles. The molecule has 3 nitrogen and oxygen atoms in total. The van der Waals surface area contributed by atoms with E-state index in [1.165, 1.54) is 6.07 Å². The van der Waals surface area contributed by atoms with Gasteiger partial charge in [-0.15, -0.1) is 21.8 Å². The zero-order valence-corrected chi connectivity index (χ0v) is 12.0. The highest BCUT2D eigenvalue weighted by atomic mass is 79.9. The highest BCUT2D eigenvalue weighted by Gasteiger charge is 2.31. The summed E-state index contributed by atoms with van der Waals surface area (Å²) in [6.45, 7) is 0. The summed E-state index contributed by atoms with van der Waals surface area (Å²) in [4.78, 5) is 0. The van der Waals surface area contributed by atoms with Crippen molar-refractivity contribution < 1.29 is 13.2 Å². The van der Waals surface area contributed by atoms with Crippen molar-refractivity contribution in [3.05, 3.63) is 34.1 Å². The number of benzene rings is 1. The Balaban J connectivity index is 2.58. The highest BCUT2D eigenvalue weighted by Crippen LogP contribution is 2.35. The topological polar surface area (TPSA) is 30.7 Å². The van der Waals surface area contributed by atoms with Crippen molar-refractivity contribution in [1.82, 2.24) is 14.8 Å². The van der Waals surface area contributed by atoms with Crippen molar-refractivity contribution in [3.63, 3.8) is 0 Å². The molecule has 1 heterocycles. The zero-order valence-electron chi connectivity index (χ0n) is 9.67. The van der Waals surface area contributed by atoms with E-state index in [-0.39, 0.29) is 5.88 Å². The SMILES string of the molecule is Cn1c(CCl)nnc1-c1cc(C(F)(F)F)ccc1Br. The molecule has 2 aromatic rings. The van der Waals surface area contributed by atoms with E-state index >= 15 is 0 Å². The first-order chi connectivity index (χ1) is 8.84. The monoisotopic (exact) mass is 353 g/mol. The highest BCUT2D eigenvalue weighted by molar-refractivity contribution is 9.10. The lowest BCUT2D eigenvalue weighted by molar-refractivity contribution is -0.137. The summed E-state index contributed by atoms with van der Waals surface area (Å²) in [5.74, 6) is 0.953. The molecule has 0 aliphatic carbocycles. The van der Waals surface area contributed by atoms with Crippen LogP contribution < -0.4 is 0 Å². The van der Waals surface area contributed by atoms with Crippen LogP contribution in [0.15, 0.2) is 22.7 Å². The predicted octanol–water partition coefficient (Wildman–Crippen LogP) is 4.00. The van der Waals surface area contributed by atoms with E-state index in [2.05, 4.69) is 26.1 Å². The fraction of sp³-hybridized carbons (Fsp3) is 0.273. The summed E-state index contributed by atoms with van der Waals surface area (Å²) in [5, 5.41) is 7.69. The summed E-state index contributed by atoms with van der Waals surface area (Å²) in [5.41, 5.74) is -0.415. The Bertz CT molecular complexity index is 610. The average Bonchev–Trinajstić information content (AvgIpc) is 2.69. The van der Waals surface area contributed by atoms with Crippen LogP contribution in [0.1, 0.15) is 11.4 Å². The maximum Gasteiger partial charge on any atom is 0.416 e. The van der Waals surface area contributed by atoms with Gasteiger partial charge in [0.1, 0.15) is 5.82 Å². The molecule has 0 saturated carbocycles. The minimum Gasteiger partial charge on any atom is -0.313 e. The van der Waals surface area contributed by atoms with E-state index in [1.807, 2.05) is 0 Å². The zero-order chi connectivity index (χ0) is 14.2. The summed E-state index contributed by atoms with van der Waals surface area (Å²) in [7, 11) is 1.65. The smallest absolute Gasteiger partial charge is 0.313 e. The second-order valence-electron chi connectivity index (χ2n) is 3.82. The van der Waals surface area contributed by atoms with E-state index in [4.69, 9.17) is 11.6 Å². The van der Waals surface area contributed by atoms with Gasteiger partial charge in [0, 0.05) is 17.1 Å². The quantitative estimate of drug-likeness (QED) is 0.763. The molecule has 0 spiro atoms. The lowest BCUT2D eigenvalue weighted by Gasteiger charge is -2.10. The van der Waals surface area contributed by atoms with E-state index in [9.17, 15) is 13.2 Å². The molecule has 8 heteroatoms. The first-order valence-electron chi connectivity index (χ1n) is 5.16. The van der Waals surface area contributed by atoms with Gasteiger partial charge in [-0.3, -0.25) is 0 Å². The number of aromatic nitrogens is 3. The second kappa shape index (κ2) is 5.13. The van der Waals surface area contributed by atoms with Crippen LogP contribution in [0.3, 0.4) is 0 Å². The van der Waals surface area contributed by atoms with Crippen molar-refractivity contribution in [3.8, 4) is 11.4 Å². The van der Waals surface area contributed by atoms with Gasteiger partial charge in [-0.05, 0) is 18.2 Å². The fourth-order valence-electron chi connectivity index (χ4n) is 1.59. The first kappa shape index (κ1) is 14.3. The van der Waals surface area contributed by atoms with Gasteiger partial charge in [-0.2, -0.15) is 13.2 Å². The summed E-state index contributed by atoms with van der Waals surface area (Å²) in [6, 6.07) is 3.38. The van der Waals surface area contributed by atoms with Crippen LogP contribution in [-0.4, -0.2) is 14.8 Å². The van der Waals surface area contributed by atoms with Gasteiger partial charge >= 0.3 is 6.18 Å². The first-order valence-corrected chi connectivity index (χ1v) is 6.48. The maximum absolute atomic E-state index is 12.7. The molecular weight excluding hydrogens is 346 g/mol. The maximum atomic E-state index is 12.7. The molecule has 0 bridgehead atoms. The Morgan fingerprint density at radius 1 is 1.32 bits per heavy atom. The molecule has 1 aromatic carbocycles. The third kappa shape index (κ3) is 2.76. The Kier molecular flexibility index (Phi) is 3.87. The Morgan fingerprint density at radius 2 is 2.00 bits per heavy atom. The molecule has 2 rings (SSSR count). The van der Waals surface area contributed by atoms with Gasteiger partial charge in [0.2, 0.25) is 0 Å². The van der Waals surface area contributed by atoms with Crippen LogP contribution in [0.4, 0.5) is 13.2 Å². The Hall–Kier alpha value is -1.08. The lowest BCUT2D eigenvalue weighted by atomic mass is 10.1. The molecule has 0 aliphatic rings. The average molecular weight is 355 g/mol. The molecule has 0 N–H and O–H groups in total. The van der Waals surface area contributed by atoms with Gasteiger partial charge in [-0.25, -0.2) is 0 Å². The van der Waals surface area contributed by atoms with Crippen molar-refractivity contribution in [2.75, 3.05) is 0 Å². The third-order valence-corrected chi connectivity index (χ3v) is 3.55. The molecule has 0 amide bonds. The van der Waals surface area contributed by atoms with Crippen LogP contribution in [-0.2, 0) is 19.1 Å². The largest absolute Gasteiger partial charge is 0.416 e. The van der Waals surface area contributed by atoms with Gasteiger partial charge < -0.3 is 4.57 Å². The van der Waals surface area contributed by atoms with Crippen molar-refractivity contribution in [2.24, 2.45) is 7.05 Å². The molecular formula is C11H8BrClF3N3. The van der Waals surface area contributed by atoms with Crippen molar-refractivity contribution in [1.29, 1.82) is 0 Å². The van der Waals surface area contributed by atoms with Crippen LogP contribution in [0.5, 0.6) is 0 Å². The summed E-state index contributed by atoms with van der Waals surface area (Å²) >= 11 is 8.88. The van der Waals surface area contributed by atoms with Gasteiger partial charge in [0.25, 0.3) is 0 Å². The van der Waals surface area contributed by atoms with Crippen LogP contribution >= 0.6 is 27.5 Å². The molecule has 0 fully saturated rings. The molecule has 1 aromatic heterocycles. The number of nitrogens with zero attached hydrogens (tertiary/aromatic N) is 3. The third-order valence-electron chi connectivity index (χ3n) is 2.62. The number of hydrogen-bond acceptors (Lipinski definition) is 2. The van der Waals surface area contributed by atoms with Crippen LogP contribution in [0, 0.1) is 0 Å². The number of halogens is 5. The Labute approximate surface area is 120 Å². The number of rotatable bonds is 2. The van der Waals surface area contributed by atoms with Crippen molar-refractivity contribution in [2.45, 2.75) is 12.1 Å². The standard InChI is InChI=1S/C11H8BrClF3N3/c1-19-9(5-13)17-18-10(19)7-4-6(11(14,15)16)2-3-8(7)12/h2-4H,5H2,1H3. The fourth-order valence-corrected chi connectivity index (χ4v) is 2.24. The lowest BCUT2D eigenvalue weighted by Crippen LogP contribution is -2.06. The second-order valence-corrected chi connectivity index (χ2v) is 4.95. The Morgan fingerprint density at radius 3 is 2.53 bits per heavy atom. The van der Waals surface area contributed by atoms with Gasteiger partial charge in [0.15, 0.2) is 5.82 Å². The predicted molar refractivity (Wildman–Crippen MR) is 68.7 cm³/mol. The van der Waals surface area contributed by atoms with Gasteiger partial charge in [-0.1, -0.05) is 15.9 Å². The number of hydrogen-bond donors (Lipinski definition) is 0. The minimum atomic E-state index is -4.40. The molecule has 0 atom stereocenters. The minimum absolute atomic E-state index is 0.139. The normalized spacial score (nSPS) is 11.9. The van der Waals surface area contributed by atoms with E-state index < -0.39 is 11.7 Å².